The molecule has 2 aromatic carbocycles. The number of amides is 1. The van der Waals surface area contributed by atoms with Crippen molar-refractivity contribution in [2.45, 2.75) is 30.9 Å². The molecule has 0 saturated heterocycles. The molecular formula is C20H22FN5O3S. The number of hydrogen-bond acceptors (Lipinski definition) is 7. The molecule has 1 unspecified atom stereocenters. The minimum absolute atomic E-state index is 0.0536. The third-order valence-corrected chi connectivity index (χ3v) is 5.07. The molecule has 0 aliphatic rings. The Bertz CT molecular complexity index is 996. The average Bonchev–Trinajstić information content (AvgIpc) is 3.08. The van der Waals surface area contributed by atoms with Crippen molar-refractivity contribution >= 4 is 23.4 Å². The number of nitrogens with one attached hydrogen (secondary N) is 1. The Morgan fingerprint density at radius 1 is 1.20 bits per heavy atom. The largest absolute Gasteiger partial charge is 0.492 e. The summed E-state index contributed by atoms with van der Waals surface area (Å²) in [6, 6.07) is 12.8. The molecule has 0 spiro atoms. The third kappa shape index (κ3) is 5.41. The molecule has 10 heteroatoms. The molecule has 0 fully saturated rings. The maximum absolute atomic E-state index is 13.0. The van der Waals surface area contributed by atoms with E-state index < -0.39 is 5.25 Å². The number of ether oxygens (including phenoxy) is 2. The first-order chi connectivity index (χ1) is 14.5. The molecule has 8 nitrogen and oxygen atoms in total. The quantitative estimate of drug-likeness (QED) is 0.396. The van der Waals surface area contributed by atoms with Gasteiger partial charge in [0.05, 0.1) is 17.5 Å². The Labute approximate surface area is 177 Å². The lowest BCUT2D eigenvalue weighted by atomic mass is 10.3. The van der Waals surface area contributed by atoms with Crippen LogP contribution in [0, 0.1) is 5.82 Å². The number of nitrogens with zero attached hydrogens (tertiary/aromatic N) is 3. The van der Waals surface area contributed by atoms with Crippen LogP contribution in [-0.4, -0.2) is 32.6 Å². The van der Waals surface area contributed by atoms with Crippen LogP contribution in [-0.2, 0) is 11.4 Å². The zero-order valence-electron chi connectivity index (χ0n) is 16.5. The van der Waals surface area contributed by atoms with Crippen LogP contribution in [0.2, 0.25) is 0 Å². The fourth-order valence-corrected chi connectivity index (χ4v) is 3.25. The van der Waals surface area contributed by atoms with E-state index in [0.29, 0.717) is 34.8 Å². The molecule has 0 saturated carbocycles. The summed E-state index contributed by atoms with van der Waals surface area (Å²) in [5.74, 6) is 6.92. The van der Waals surface area contributed by atoms with Gasteiger partial charge in [0, 0.05) is 0 Å². The summed E-state index contributed by atoms with van der Waals surface area (Å²) in [6.45, 7) is 4.17. The molecule has 3 N–H and O–H groups in total. The number of para-hydroxylation sites is 2. The summed E-state index contributed by atoms with van der Waals surface area (Å²) in [7, 11) is 0. The van der Waals surface area contributed by atoms with E-state index >= 15 is 0 Å². The number of aromatic nitrogens is 3. The molecule has 0 aliphatic carbocycles. The van der Waals surface area contributed by atoms with Crippen LogP contribution in [0.5, 0.6) is 11.5 Å². The molecule has 0 bridgehead atoms. The molecule has 0 aliphatic heterocycles. The van der Waals surface area contributed by atoms with E-state index in [4.69, 9.17) is 15.3 Å². The van der Waals surface area contributed by atoms with E-state index in [9.17, 15) is 9.18 Å². The number of carbonyl (C=O) groups is 1. The Hall–Kier alpha value is -3.27. The van der Waals surface area contributed by atoms with Crippen molar-refractivity contribution < 1.29 is 18.7 Å². The highest BCUT2D eigenvalue weighted by Gasteiger charge is 2.20. The van der Waals surface area contributed by atoms with E-state index in [-0.39, 0.29) is 18.3 Å². The topological polar surface area (TPSA) is 104 Å². The van der Waals surface area contributed by atoms with Gasteiger partial charge in [0.25, 0.3) is 0 Å². The van der Waals surface area contributed by atoms with Crippen molar-refractivity contribution in [1.82, 2.24) is 14.9 Å². The summed E-state index contributed by atoms with van der Waals surface area (Å²) in [5.41, 5.74) is 0.597. The molecule has 158 valence electrons. The molecular weight excluding hydrogens is 409 g/mol. The van der Waals surface area contributed by atoms with Crippen LogP contribution in [0.15, 0.2) is 53.7 Å². The van der Waals surface area contributed by atoms with Gasteiger partial charge in [-0.15, -0.1) is 10.2 Å². The first-order valence-corrected chi connectivity index (χ1v) is 10.1. The van der Waals surface area contributed by atoms with Gasteiger partial charge in [-0.05, 0) is 50.2 Å². The maximum atomic E-state index is 13.0. The Kier molecular flexibility index (Phi) is 7.12. The SMILES string of the molecule is CCOc1ccccc1NC(=O)C(C)Sc1nnc(COc2ccc(F)cc2)n1N. The summed E-state index contributed by atoms with van der Waals surface area (Å²) < 4.78 is 25.3. The van der Waals surface area contributed by atoms with E-state index in [1.807, 2.05) is 19.1 Å². The van der Waals surface area contributed by atoms with Crippen molar-refractivity contribution in [2.75, 3.05) is 17.8 Å². The highest BCUT2D eigenvalue weighted by Crippen LogP contribution is 2.26. The highest BCUT2D eigenvalue weighted by atomic mass is 32.2. The van der Waals surface area contributed by atoms with Crippen molar-refractivity contribution in [3.63, 3.8) is 0 Å². The number of thioether (sulfide) groups is 1. The van der Waals surface area contributed by atoms with Crippen LogP contribution in [0.25, 0.3) is 0 Å². The molecule has 1 aromatic heterocycles. The average molecular weight is 431 g/mol. The zero-order chi connectivity index (χ0) is 21.5. The van der Waals surface area contributed by atoms with Gasteiger partial charge in [0.2, 0.25) is 11.1 Å². The lowest BCUT2D eigenvalue weighted by Crippen LogP contribution is -2.24. The number of nitrogens with two attached hydrogens (primary N) is 1. The Morgan fingerprint density at radius 3 is 2.67 bits per heavy atom. The van der Waals surface area contributed by atoms with Crippen LogP contribution in [0.4, 0.5) is 10.1 Å². The summed E-state index contributed by atoms with van der Waals surface area (Å²) in [6.07, 6.45) is 0. The van der Waals surface area contributed by atoms with Crippen LogP contribution < -0.4 is 20.6 Å². The molecule has 1 atom stereocenters. The van der Waals surface area contributed by atoms with Gasteiger partial charge in [-0.2, -0.15) is 0 Å². The van der Waals surface area contributed by atoms with Crippen LogP contribution in [0.1, 0.15) is 19.7 Å². The van der Waals surface area contributed by atoms with Gasteiger partial charge in [0.15, 0.2) is 5.82 Å². The zero-order valence-corrected chi connectivity index (χ0v) is 17.4. The predicted octanol–water partition coefficient (Wildman–Crippen LogP) is 3.23. The maximum Gasteiger partial charge on any atom is 0.237 e. The number of hydrogen-bond donors (Lipinski definition) is 2. The van der Waals surface area contributed by atoms with Gasteiger partial charge < -0.3 is 20.6 Å². The number of anilines is 1. The summed E-state index contributed by atoms with van der Waals surface area (Å²) in [5, 5.41) is 10.8. The number of benzene rings is 2. The normalized spacial score (nSPS) is 11.7. The van der Waals surface area contributed by atoms with E-state index in [2.05, 4.69) is 15.5 Å². The second-order valence-electron chi connectivity index (χ2n) is 6.19. The number of halogens is 1. The molecule has 3 rings (SSSR count). The standard InChI is InChI=1S/C20H22FN5O3S/c1-3-28-17-7-5-4-6-16(17)23-19(27)13(2)30-20-25-24-18(26(20)22)12-29-15-10-8-14(21)9-11-15/h4-11,13H,3,12,22H2,1-2H3,(H,23,27). The van der Waals surface area contributed by atoms with Gasteiger partial charge in [-0.3, -0.25) is 4.79 Å². The molecule has 1 amide bonds. The molecule has 1 heterocycles. The Morgan fingerprint density at radius 2 is 1.93 bits per heavy atom. The van der Waals surface area contributed by atoms with Crippen molar-refractivity contribution in [2.24, 2.45) is 0 Å². The first-order valence-electron chi connectivity index (χ1n) is 9.25. The van der Waals surface area contributed by atoms with Crippen molar-refractivity contribution in [3.8, 4) is 11.5 Å². The first kappa shape index (κ1) is 21.4. The van der Waals surface area contributed by atoms with Gasteiger partial charge in [-0.25, -0.2) is 9.07 Å². The summed E-state index contributed by atoms with van der Waals surface area (Å²) in [4.78, 5) is 12.6. The van der Waals surface area contributed by atoms with Crippen molar-refractivity contribution in [1.29, 1.82) is 0 Å². The van der Waals surface area contributed by atoms with Gasteiger partial charge in [-0.1, -0.05) is 23.9 Å². The van der Waals surface area contributed by atoms with E-state index in [1.54, 1.807) is 19.1 Å². The fourth-order valence-electron chi connectivity index (χ4n) is 2.46. The molecule has 0 radical (unpaired) electrons. The van der Waals surface area contributed by atoms with Gasteiger partial charge in [0.1, 0.15) is 23.9 Å². The molecule has 30 heavy (non-hydrogen) atoms. The second kappa shape index (κ2) is 9.97. The monoisotopic (exact) mass is 431 g/mol. The van der Waals surface area contributed by atoms with Crippen LogP contribution in [0.3, 0.4) is 0 Å². The lowest BCUT2D eigenvalue weighted by molar-refractivity contribution is -0.115. The predicted molar refractivity (Wildman–Crippen MR) is 112 cm³/mol. The third-order valence-electron chi connectivity index (χ3n) is 4.01. The lowest BCUT2D eigenvalue weighted by Gasteiger charge is -2.14. The smallest absolute Gasteiger partial charge is 0.237 e. The van der Waals surface area contributed by atoms with Crippen molar-refractivity contribution in [3.05, 3.63) is 60.2 Å². The number of nitrogen functional groups attached to an aromatic ring is 1. The second-order valence-corrected chi connectivity index (χ2v) is 7.50. The highest BCUT2D eigenvalue weighted by molar-refractivity contribution is 8.00. The van der Waals surface area contributed by atoms with Gasteiger partial charge >= 0.3 is 0 Å². The minimum Gasteiger partial charge on any atom is -0.492 e. The number of carbonyl (C=O) groups excluding carboxylic acids is 1. The minimum atomic E-state index is -0.489. The summed E-state index contributed by atoms with van der Waals surface area (Å²) >= 11 is 1.17. The fraction of sp³-hybridized carbons (Fsp3) is 0.250. The number of rotatable bonds is 9. The van der Waals surface area contributed by atoms with Crippen LogP contribution >= 0.6 is 11.8 Å². The Balaban J connectivity index is 1.59. The van der Waals surface area contributed by atoms with E-state index in [0.717, 1.165) is 0 Å². The van der Waals surface area contributed by atoms with E-state index in [1.165, 1.54) is 40.7 Å². The molecule has 3 aromatic rings.